The largest absolute Gasteiger partial charge is 0.390 e. The summed E-state index contributed by atoms with van der Waals surface area (Å²) in [6.07, 6.45) is 1.46. The van der Waals surface area contributed by atoms with Crippen LogP contribution in [0.1, 0.15) is 25.3 Å². The average Bonchev–Trinajstić information content (AvgIpc) is 3.12. The molecule has 2 atom stereocenters. The van der Waals surface area contributed by atoms with Crippen molar-refractivity contribution in [2.24, 2.45) is 0 Å². The van der Waals surface area contributed by atoms with Crippen LogP contribution in [0.5, 0.6) is 0 Å². The van der Waals surface area contributed by atoms with E-state index in [1.165, 1.54) is 24.6 Å². The summed E-state index contributed by atoms with van der Waals surface area (Å²) in [6, 6.07) is 12.5. The average molecular weight is 461 g/mol. The Hall–Kier alpha value is -2.19. The third-order valence-corrected chi connectivity index (χ3v) is 6.51. The normalized spacial score (nSPS) is 22.3. The number of hydrogen-bond acceptors (Lipinski definition) is 5. The van der Waals surface area contributed by atoms with Crippen molar-refractivity contribution in [1.29, 1.82) is 0 Å². The molecule has 2 fully saturated rings. The summed E-state index contributed by atoms with van der Waals surface area (Å²) in [4.78, 5) is 15.9. The lowest BCUT2D eigenvalue weighted by Crippen LogP contribution is -2.49. The molecule has 172 valence electrons. The van der Waals surface area contributed by atoms with E-state index in [-0.39, 0.29) is 17.8 Å². The van der Waals surface area contributed by atoms with Crippen molar-refractivity contribution >= 4 is 28.9 Å². The molecule has 2 heterocycles. The van der Waals surface area contributed by atoms with Crippen LogP contribution in [0.3, 0.4) is 0 Å². The van der Waals surface area contributed by atoms with Crippen molar-refractivity contribution in [3.8, 4) is 0 Å². The van der Waals surface area contributed by atoms with Crippen LogP contribution in [0.4, 0.5) is 15.8 Å². The second-order valence-corrected chi connectivity index (χ2v) is 9.20. The molecule has 1 amide bonds. The van der Waals surface area contributed by atoms with Crippen molar-refractivity contribution in [3.05, 3.63) is 58.9 Å². The number of piperidine rings is 1. The van der Waals surface area contributed by atoms with E-state index in [0.717, 1.165) is 37.5 Å². The van der Waals surface area contributed by atoms with Gasteiger partial charge in [0.2, 0.25) is 5.91 Å². The number of amides is 1. The van der Waals surface area contributed by atoms with Gasteiger partial charge in [-0.3, -0.25) is 9.69 Å². The summed E-state index contributed by atoms with van der Waals surface area (Å²) in [6.45, 7) is 5.27. The Bertz CT molecular complexity index is 934. The van der Waals surface area contributed by atoms with Crippen molar-refractivity contribution in [2.75, 3.05) is 36.4 Å². The lowest BCUT2D eigenvalue weighted by atomic mass is 10.0. The van der Waals surface area contributed by atoms with Crippen LogP contribution < -0.4 is 15.5 Å². The Morgan fingerprint density at radius 1 is 1.16 bits per heavy atom. The second kappa shape index (κ2) is 10.2. The van der Waals surface area contributed by atoms with Crippen molar-refractivity contribution in [3.63, 3.8) is 0 Å². The number of carbonyl (C=O) groups excluding carboxylic acids is 1. The number of nitrogens with zero attached hydrogens (tertiary/aromatic N) is 2. The highest BCUT2D eigenvalue weighted by molar-refractivity contribution is 6.30. The molecule has 6 nitrogen and oxygen atoms in total. The molecule has 3 N–H and O–H groups in total. The quantitative estimate of drug-likeness (QED) is 0.617. The number of anilines is 2. The van der Waals surface area contributed by atoms with Crippen LogP contribution in [0.25, 0.3) is 0 Å². The van der Waals surface area contributed by atoms with Gasteiger partial charge in [-0.1, -0.05) is 23.7 Å². The zero-order valence-electron chi connectivity index (χ0n) is 18.2. The molecule has 2 aliphatic heterocycles. The number of hydrogen-bond donors (Lipinski definition) is 3. The number of β-amino-alcohol motifs (C(OH)–C–C–N with tert-alkyl or cyclic N) is 1. The number of carbonyl (C=O) groups is 1. The molecule has 32 heavy (non-hydrogen) atoms. The summed E-state index contributed by atoms with van der Waals surface area (Å²) in [5.74, 6) is -0.578. The first kappa shape index (κ1) is 23.0. The van der Waals surface area contributed by atoms with E-state index in [1.54, 1.807) is 6.07 Å². The summed E-state index contributed by atoms with van der Waals surface area (Å²) < 4.78 is 13.9. The Morgan fingerprint density at radius 2 is 1.88 bits per heavy atom. The number of rotatable bonds is 6. The fraction of sp³-hybridized carbons (Fsp3) is 0.458. The Balaban J connectivity index is 1.31. The summed E-state index contributed by atoms with van der Waals surface area (Å²) in [5, 5.41) is 17.8. The minimum Gasteiger partial charge on any atom is -0.390 e. The fourth-order valence-electron chi connectivity index (χ4n) is 4.62. The standard InChI is InChI=1S/C24H30ClFN4O2/c1-16(31)27-21-7-6-19(26)12-23(21)30-14-22(24(32)15-30)28-20-8-10-29(11-9-20)13-17-2-4-18(25)5-3-17/h2-7,12,20,22,24,28,32H,8-11,13-15H2,1H3,(H,27,31)/t22?,24-/m1/s1. The topological polar surface area (TPSA) is 67.8 Å². The molecular weight excluding hydrogens is 431 g/mol. The Labute approximate surface area is 193 Å². The summed E-state index contributed by atoms with van der Waals surface area (Å²) >= 11 is 5.97. The van der Waals surface area contributed by atoms with E-state index in [1.807, 2.05) is 17.0 Å². The molecule has 0 radical (unpaired) electrons. The van der Waals surface area contributed by atoms with Gasteiger partial charge in [0.25, 0.3) is 0 Å². The smallest absolute Gasteiger partial charge is 0.221 e. The monoisotopic (exact) mass is 460 g/mol. The van der Waals surface area contributed by atoms with Crippen LogP contribution in [0.15, 0.2) is 42.5 Å². The van der Waals surface area contributed by atoms with Crippen LogP contribution in [-0.2, 0) is 11.3 Å². The van der Waals surface area contributed by atoms with E-state index in [2.05, 4.69) is 27.7 Å². The SMILES string of the molecule is CC(=O)Nc1ccc(F)cc1N1CC(NC2CCN(Cc3ccc(Cl)cc3)CC2)[C@H](O)C1. The van der Waals surface area contributed by atoms with Crippen molar-refractivity contribution in [2.45, 2.75) is 44.5 Å². The highest BCUT2D eigenvalue weighted by Crippen LogP contribution is 2.30. The molecule has 0 saturated carbocycles. The number of benzene rings is 2. The van der Waals surface area contributed by atoms with Gasteiger partial charge >= 0.3 is 0 Å². The summed E-state index contributed by atoms with van der Waals surface area (Å²) in [7, 11) is 0. The third-order valence-electron chi connectivity index (χ3n) is 6.26. The number of aliphatic hydroxyl groups is 1. The zero-order chi connectivity index (χ0) is 22.7. The van der Waals surface area contributed by atoms with Crippen LogP contribution >= 0.6 is 11.6 Å². The number of halogens is 2. The Kier molecular flexibility index (Phi) is 7.30. The van der Waals surface area contributed by atoms with Crippen molar-refractivity contribution < 1.29 is 14.3 Å². The van der Waals surface area contributed by atoms with E-state index in [9.17, 15) is 14.3 Å². The van der Waals surface area contributed by atoms with Crippen LogP contribution in [0.2, 0.25) is 5.02 Å². The number of nitrogens with one attached hydrogen (secondary N) is 2. The predicted molar refractivity (Wildman–Crippen MR) is 126 cm³/mol. The minimum absolute atomic E-state index is 0.101. The van der Waals surface area contributed by atoms with Gasteiger partial charge in [0.15, 0.2) is 0 Å². The lowest BCUT2D eigenvalue weighted by Gasteiger charge is -2.34. The molecule has 0 bridgehead atoms. The van der Waals surface area contributed by atoms with E-state index in [4.69, 9.17) is 11.6 Å². The molecule has 0 spiro atoms. The van der Waals surface area contributed by atoms with Crippen LogP contribution in [0, 0.1) is 5.82 Å². The molecule has 4 rings (SSSR count). The highest BCUT2D eigenvalue weighted by Gasteiger charge is 2.34. The second-order valence-electron chi connectivity index (χ2n) is 8.77. The molecule has 2 aliphatic rings. The van der Waals surface area contributed by atoms with E-state index < -0.39 is 6.10 Å². The maximum absolute atomic E-state index is 13.9. The maximum atomic E-state index is 13.9. The van der Waals surface area contributed by atoms with Gasteiger partial charge in [0.05, 0.1) is 23.5 Å². The first-order valence-corrected chi connectivity index (χ1v) is 11.5. The van der Waals surface area contributed by atoms with Gasteiger partial charge in [-0.25, -0.2) is 4.39 Å². The molecule has 0 aromatic heterocycles. The van der Waals surface area contributed by atoms with Crippen molar-refractivity contribution in [1.82, 2.24) is 10.2 Å². The number of likely N-dealkylation sites (tertiary alicyclic amines) is 1. The Morgan fingerprint density at radius 3 is 2.56 bits per heavy atom. The third kappa shape index (κ3) is 5.78. The number of aliphatic hydroxyl groups excluding tert-OH is 1. The van der Waals surface area contributed by atoms with Crippen LogP contribution in [-0.4, -0.2) is 60.3 Å². The lowest BCUT2D eigenvalue weighted by molar-refractivity contribution is -0.114. The molecular formula is C24H30ClFN4O2. The molecule has 2 aromatic carbocycles. The van der Waals surface area contributed by atoms with Gasteiger partial charge in [-0.15, -0.1) is 0 Å². The van der Waals surface area contributed by atoms with E-state index >= 15 is 0 Å². The maximum Gasteiger partial charge on any atom is 0.221 e. The van der Waals surface area contributed by atoms with E-state index in [0.29, 0.717) is 30.5 Å². The molecule has 2 saturated heterocycles. The molecule has 0 aliphatic carbocycles. The molecule has 1 unspecified atom stereocenters. The van der Waals surface area contributed by atoms with Gasteiger partial charge in [-0.05, 0) is 61.8 Å². The highest BCUT2D eigenvalue weighted by atomic mass is 35.5. The summed E-state index contributed by atoms with van der Waals surface area (Å²) in [5.41, 5.74) is 2.41. The predicted octanol–water partition coefficient (Wildman–Crippen LogP) is 3.24. The fourth-order valence-corrected chi connectivity index (χ4v) is 4.74. The molecule has 8 heteroatoms. The van der Waals surface area contributed by atoms with Gasteiger partial charge < -0.3 is 20.6 Å². The van der Waals surface area contributed by atoms with Gasteiger partial charge in [-0.2, -0.15) is 0 Å². The van der Waals surface area contributed by atoms with Gasteiger partial charge in [0.1, 0.15) is 5.82 Å². The molecule has 2 aromatic rings. The minimum atomic E-state index is -0.560. The first-order chi connectivity index (χ1) is 15.4. The zero-order valence-corrected chi connectivity index (χ0v) is 19.0. The van der Waals surface area contributed by atoms with Gasteiger partial charge in [0, 0.05) is 37.6 Å². The first-order valence-electron chi connectivity index (χ1n) is 11.1.